The molecule has 1 saturated heterocycles. The Balaban J connectivity index is 2.26. The van der Waals surface area contributed by atoms with E-state index in [1.807, 2.05) is 6.92 Å². The number of amides is 1. The molecule has 1 aliphatic rings. The maximum absolute atomic E-state index is 13.8. The highest BCUT2D eigenvalue weighted by Gasteiger charge is 2.34. The lowest BCUT2D eigenvalue weighted by atomic mass is 10.0. The molecule has 4 heteroatoms. The summed E-state index contributed by atoms with van der Waals surface area (Å²) >= 11 is 3.44. The second-order valence-corrected chi connectivity index (χ2v) is 5.62. The van der Waals surface area contributed by atoms with Crippen molar-refractivity contribution in [1.29, 1.82) is 0 Å². The Morgan fingerprint density at radius 3 is 2.89 bits per heavy atom. The van der Waals surface area contributed by atoms with Crippen LogP contribution in [-0.4, -0.2) is 28.7 Å². The molecule has 0 N–H and O–H groups in total. The standard InChI is InChI=1S/C14H17BrFNO/c1-9-3-4-11(12(16)7-9)14(18)17-6-5-10(2)13(17)8-15/h3-4,7,10,13H,5-6,8H2,1-2H3. The summed E-state index contributed by atoms with van der Waals surface area (Å²) in [7, 11) is 0. The van der Waals surface area contributed by atoms with E-state index in [9.17, 15) is 9.18 Å². The highest BCUT2D eigenvalue weighted by molar-refractivity contribution is 9.09. The van der Waals surface area contributed by atoms with Gasteiger partial charge in [0.05, 0.1) is 5.56 Å². The normalized spacial score (nSPS) is 23.4. The average Bonchev–Trinajstić information content (AvgIpc) is 2.69. The number of likely N-dealkylation sites (tertiary alicyclic amines) is 1. The van der Waals surface area contributed by atoms with Gasteiger partial charge in [0.25, 0.3) is 5.91 Å². The Morgan fingerprint density at radius 2 is 2.28 bits per heavy atom. The molecule has 18 heavy (non-hydrogen) atoms. The third-order valence-electron chi connectivity index (χ3n) is 3.66. The maximum Gasteiger partial charge on any atom is 0.257 e. The molecule has 98 valence electrons. The van der Waals surface area contributed by atoms with Gasteiger partial charge in [-0.25, -0.2) is 4.39 Å². The van der Waals surface area contributed by atoms with Crippen molar-refractivity contribution in [1.82, 2.24) is 4.90 Å². The second kappa shape index (κ2) is 5.39. The van der Waals surface area contributed by atoms with Gasteiger partial charge in [-0.2, -0.15) is 0 Å². The number of carbonyl (C=O) groups excluding carboxylic acids is 1. The molecule has 1 amide bonds. The summed E-state index contributed by atoms with van der Waals surface area (Å²) in [5, 5.41) is 0.743. The van der Waals surface area contributed by atoms with Gasteiger partial charge in [-0.15, -0.1) is 0 Å². The van der Waals surface area contributed by atoms with Crippen LogP contribution in [0.4, 0.5) is 4.39 Å². The van der Waals surface area contributed by atoms with Crippen molar-refractivity contribution < 1.29 is 9.18 Å². The first kappa shape index (κ1) is 13.5. The number of alkyl halides is 1. The molecule has 2 nitrogen and oxygen atoms in total. The number of hydrogen-bond donors (Lipinski definition) is 0. The number of carbonyl (C=O) groups is 1. The van der Waals surface area contributed by atoms with Crippen molar-refractivity contribution in [2.75, 3.05) is 11.9 Å². The van der Waals surface area contributed by atoms with Crippen LogP contribution in [0.15, 0.2) is 18.2 Å². The Morgan fingerprint density at radius 1 is 1.56 bits per heavy atom. The number of benzene rings is 1. The van der Waals surface area contributed by atoms with Crippen molar-refractivity contribution in [2.45, 2.75) is 26.3 Å². The molecule has 0 aliphatic carbocycles. The van der Waals surface area contributed by atoms with E-state index in [-0.39, 0.29) is 17.5 Å². The average molecular weight is 314 g/mol. The van der Waals surface area contributed by atoms with Crippen LogP contribution < -0.4 is 0 Å². The molecule has 0 bridgehead atoms. The lowest BCUT2D eigenvalue weighted by molar-refractivity contribution is 0.0734. The van der Waals surface area contributed by atoms with Crippen LogP contribution in [0.25, 0.3) is 0 Å². The fourth-order valence-electron chi connectivity index (χ4n) is 2.44. The molecule has 1 aromatic carbocycles. The van der Waals surface area contributed by atoms with Crippen LogP contribution in [0.3, 0.4) is 0 Å². The zero-order valence-corrected chi connectivity index (χ0v) is 12.2. The van der Waals surface area contributed by atoms with E-state index >= 15 is 0 Å². The van der Waals surface area contributed by atoms with Crippen molar-refractivity contribution >= 4 is 21.8 Å². The third kappa shape index (κ3) is 2.44. The van der Waals surface area contributed by atoms with Gasteiger partial charge in [0.1, 0.15) is 5.82 Å². The van der Waals surface area contributed by atoms with Crippen molar-refractivity contribution in [3.63, 3.8) is 0 Å². The van der Waals surface area contributed by atoms with Crippen LogP contribution in [0.2, 0.25) is 0 Å². The van der Waals surface area contributed by atoms with E-state index in [4.69, 9.17) is 0 Å². The highest BCUT2D eigenvalue weighted by atomic mass is 79.9. The van der Waals surface area contributed by atoms with E-state index < -0.39 is 5.82 Å². The summed E-state index contributed by atoms with van der Waals surface area (Å²) in [5.74, 6) is -0.156. The van der Waals surface area contributed by atoms with Crippen molar-refractivity contribution in [3.05, 3.63) is 35.1 Å². The summed E-state index contributed by atoms with van der Waals surface area (Å²) < 4.78 is 13.8. The van der Waals surface area contributed by atoms with Gasteiger partial charge < -0.3 is 4.90 Å². The zero-order valence-electron chi connectivity index (χ0n) is 10.6. The van der Waals surface area contributed by atoms with Gasteiger partial charge >= 0.3 is 0 Å². The molecule has 1 fully saturated rings. The molecule has 2 unspecified atom stereocenters. The van der Waals surface area contributed by atoms with Crippen LogP contribution in [0, 0.1) is 18.7 Å². The highest BCUT2D eigenvalue weighted by Crippen LogP contribution is 2.27. The predicted octanol–water partition coefficient (Wildman–Crippen LogP) is 3.38. The molecule has 2 rings (SSSR count). The molecule has 1 aliphatic heterocycles. The Labute approximate surface area is 115 Å². The first-order chi connectivity index (χ1) is 8.54. The summed E-state index contributed by atoms with van der Waals surface area (Å²) in [4.78, 5) is 14.1. The van der Waals surface area contributed by atoms with Crippen LogP contribution in [0.5, 0.6) is 0 Å². The molecule has 0 aromatic heterocycles. The Kier molecular flexibility index (Phi) is 4.05. The number of halogens is 2. The molecule has 0 saturated carbocycles. The van der Waals surface area contributed by atoms with Crippen molar-refractivity contribution in [2.24, 2.45) is 5.92 Å². The predicted molar refractivity (Wildman–Crippen MR) is 73.5 cm³/mol. The quantitative estimate of drug-likeness (QED) is 0.766. The lowest BCUT2D eigenvalue weighted by Gasteiger charge is -2.25. The topological polar surface area (TPSA) is 20.3 Å². The van der Waals surface area contributed by atoms with Gasteiger partial charge in [0, 0.05) is 17.9 Å². The number of aryl methyl sites for hydroxylation is 1. The van der Waals surface area contributed by atoms with Crippen LogP contribution in [-0.2, 0) is 0 Å². The molecular weight excluding hydrogens is 297 g/mol. The minimum Gasteiger partial charge on any atom is -0.334 e. The van der Waals surface area contributed by atoms with Crippen molar-refractivity contribution in [3.8, 4) is 0 Å². The number of hydrogen-bond acceptors (Lipinski definition) is 1. The van der Waals surface area contributed by atoms with Gasteiger partial charge in [-0.1, -0.05) is 28.9 Å². The smallest absolute Gasteiger partial charge is 0.257 e. The minimum absolute atomic E-state index is 0.165. The van der Waals surface area contributed by atoms with Crippen LogP contribution in [0.1, 0.15) is 29.3 Å². The van der Waals surface area contributed by atoms with E-state index in [0.29, 0.717) is 12.5 Å². The second-order valence-electron chi connectivity index (χ2n) is 4.97. The van der Waals surface area contributed by atoms with E-state index in [1.165, 1.54) is 6.07 Å². The van der Waals surface area contributed by atoms with Gasteiger partial charge in [0.15, 0.2) is 0 Å². The summed E-state index contributed by atoms with van der Waals surface area (Å²) in [6, 6.07) is 4.94. The molecule has 0 radical (unpaired) electrons. The minimum atomic E-state index is -0.423. The summed E-state index contributed by atoms with van der Waals surface area (Å²) in [5.41, 5.74) is 1.01. The molecule has 0 spiro atoms. The largest absolute Gasteiger partial charge is 0.334 e. The first-order valence-corrected chi connectivity index (χ1v) is 7.30. The first-order valence-electron chi connectivity index (χ1n) is 6.17. The number of rotatable bonds is 2. The molecule has 2 atom stereocenters. The molecule has 1 heterocycles. The lowest BCUT2D eigenvalue weighted by Crippen LogP contribution is -2.38. The molecular formula is C14H17BrFNO. The Hall–Kier alpha value is -0.900. The zero-order chi connectivity index (χ0) is 13.3. The fourth-order valence-corrected chi connectivity index (χ4v) is 3.43. The van der Waals surface area contributed by atoms with Gasteiger partial charge in [-0.3, -0.25) is 4.79 Å². The van der Waals surface area contributed by atoms with E-state index in [1.54, 1.807) is 17.0 Å². The summed E-state index contributed by atoms with van der Waals surface area (Å²) in [6.07, 6.45) is 0.982. The number of nitrogens with zero attached hydrogens (tertiary/aromatic N) is 1. The van der Waals surface area contributed by atoms with Crippen LogP contribution >= 0.6 is 15.9 Å². The monoisotopic (exact) mass is 313 g/mol. The van der Waals surface area contributed by atoms with Gasteiger partial charge in [0.2, 0.25) is 0 Å². The Bertz CT molecular complexity index is 463. The molecule has 1 aromatic rings. The van der Waals surface area contributed by atoms with E-state index in [0.717, 1.165) is 17.3 Å². The van der Waals surface area contributed by atoms with Gasteiger partial charge in [-0.05, 0) is 37.0 Å². The fraction of sp³-hybridized carbons (Fsp3) is 0.500. The summed E-state index contributed by atoms with van der Waals surface area (Å²) in [6.45, 7) is 4.66. The van der Waals surface area contributed by atoms with E-state index in [2.05, 4.69) is 22.9 Å². The third-order valence-corrected chi connectivity index (χ3v) is 4.32. The SMILES string of the molecule is Cc1ccc(C(=O)N2CCC(C)C2CBr)c(F)c1. The maximum atomic E-state index is 13.8.